The molecule has 0 saturated heterocycles. The van der Waals surface area contributed by atoms with Gasteiger partial charge in [0.1, 0.15) is 0 Å². The van der Waals surface area contributed by atoms with Gasteiger partial charge >= 0.3 is 0 Å². The number of carbonyl (C=O) groups excluding carboxylic acids is 1. The number of nitrogens with zero attached hydrogens (tertiary/aromatic N) is 2. The molecule has 1 heterocycles. The summed E-state index contributed by atoms with van der Waals surface area (Å²) in [6, 6.07) is 0. The zero-order chi connectivity index (χ0) is 13.0. The first-order valence-electron chi connectivity index (χ1n) is 5.86. The topological polar surface area (TPSA) is 67.2 Å². The van der Waals surface area contributed by atoms with Gasteiger partial charge in [-0.1, -0.05) is 6.92 Å². The first-order valence-corrected chi connectivity index (χ1v) is 5.86. The number of hydrogen-bond acceptors (Lipinski definition) is 3. The van der Waals surface area contributed by atoms with Gasteiger partial charge in [-0.25, -0.2) is 0 Å². The second kappa shape index (κ2) is 5.82. The van der Waals surface area contributed by atoms with Crippen molar-refractivity contribution >= 4 is 5.91 Å². The van der Waals surface area contributed by atoms with Crippen LogP contribution >= 0.6 is 0 Å². The summed E-state index contributed by atoms with van der Waals surface area (Å²) in [6.07, 6.45) is 0.700. The SMILES string of the molecule is Cc1nn(C)c(C)c1C(=O)NCC(C)CCO. The fourth-order valence-electron chi connectivity index (χ4n) is 1.78. The van der Waals surface area contributed by atoms with Crippen molar-refractivity contribution in [3.8, 4) is 0 Å². The van der Waals surface area contributed by atoms with E-state index >= 15 is 0 Å². The van der Waals surface area contributed by atoms with Gasteiger partial charge in [-0.2, -0.15) is 5.10 Å². The zero-order valence-corrected chi connectivity index (χ0v) is 10.9. The van der Waals surface area contributed by atoms with Crippen LogP contribution in [-0.4, -0.2) is 33.9 Å². The lowest BCUT2D eigenvalue weighted by atomic mass is 10.1. The Labute approximate surface area is 102 Å². The lowest BCUT2D eigenvalue weighted by Gasteiger charge is -2.11. The third-order valence-corrected chi connectivity index (χ3v) is 2.97. The summed E-state index contributed by atoms with van der Waals surface area (Å²) in [5, 5.41) is 15.9. The number of carbonyl (C=O) groups is 1. The van der Waals surface area contributed by atoms with E-state index in [0.29, 0.717) is 18.5 Å². The zero-order valence-electron chi connectivity index (χ0n) is 10.9. The molecule has 1 atom stereocenters. The highest BCUT2D eigenvalue weighted by atomic mass is 16.3. The van der Waals surface area contributed by atoms with Crippen LogP contribution in [0.15, 0.2) is 0 Å². The molecule has 0 saturated carbocycles. The van der Waals surface area contributed by atoms with E-state index < -0.39 is 0 Å². The highest BCUT2D eigenvalue weighted by Crippen LogP contribution is 2.11. The van der Waals surface area contributed by atoms with Crippen LogP contribution in [0, 0.1) is 19.8 Å². The minimum atomic E-state index is -0.0853. The fourth-order valence-corrected chi connectivity index (χ4v) is 1.78. The summed E-state index contributed by atoms with van der Waals surface area (Å²) in [6.45, 7) is 6.44. The van der Waals surface area contributed by atoms with Crippen molar-refractivity contribution in [2.24, 2.45) is 13.0 Å². The second-order valence-corrected chi connectivity index (χ2v) is 4.50. The molecule has 0 radical (unpaired) electrons. The quantitative estimate of drug-likeness (QED) is 0.798. The van der Waals surface area contributed by atoms with Gasteiger partial charge in [0.15, 0.2) is 0 Å². The first kappa shape index (κ1) is 13.7. The maximum atomic E-state index is 12.0. The van der Waals surface area contributed by atoms with E-state index in [0.717, 1.165) is 11.4 Å². The van der Waals surface area contributed by atoms with Crippen molar-refractivity contribution in [3.05, 3.63) is 17.0 Å². The molecule has 1 aromatic heterocycles. The predicted octanol–water partition coefficient (Wildman–Crippen LogP) is 0.785. The number of nitrogens with one attached hydrogen (secondary N) is 1. The van der Waals surface area contributed by atoms with Crippen molar-refractivity contribution in [1.29, 1.82) is 0 Å². The molecule has 0 bridgehead atoms. The Morgan fingerprint density at radius 3 is 2.65 bits per heavy atom. The predicted molar refractivity (Wildman–Crippen MR) is 65.9 cm³/mol. The van der Waals surface area contributed by atoms with E-state index in [-0.39, 0.29) is 18.4 Å². The Balaban J connectivity index is 2.64. The Bertz CT molecular complexity index is 399. The molecular formula is C12H21N3O2. The van der Waals surface area contributed by atoms with Crippen LogP contribution in [0.25, 0.3) is 0 Å². The average molecular weight is 239 g/mol. The summed E-state index contributed by atoms with van der Waals surface area (Å²) in [7, 11) is 1.83. The number of aliphatic hydroxyl groups excluding tert-OH is 1. The van der Waals surface area contributed by atoms with E-state index in [1.807, 2.05) is 27.8 Å². The summed E-state index contributed by atoms with van der Waals surface area (Å²) in [5.74, 6) is 0.194. The molecule has 0 aliphatic carbocycles. The molecule has 5 heteroatoms. The van der Waals surface area contributed by atoms with Crippen molar-refractivity contribution in [1.82, 2.24) is 15.1 Å². The van der Waals surface area contributed by atoms with Crippen molar-refractivity contribution < 1.29 is 9.90 Å². The molecule has 2 N–H and O–H groups in total. The maximum absolute atomic E-state index is 12.0. The number of aryl methyl sites for hydroxylation is 2. The standard InChI is InChI=1S/C12H21N3O2/c1-8(5-6-16)7-13-12(17)11-9(2)14-15(4)10(11)3/h8,16H,5-7H2,1-4H3,(H,13,17). The summed E-state index contributed by atoms with van der Waals surface area (Å²) >= 11 is 0. The average Bonchev–Trinajstić information content (AvgIpc) is 2.50. The number of rotatable bonds is 5. The first-order chi connectivity index (χ1) is 7.97. The van der Waals surface area contributed by atoms with Crippen LogP contribution in [0.3, 0.4) is 0 Å². The number of aliphatic hydroxyl groups is 1. The van der Waals surface area contributed by atoms with E-state index in [4.69, 9.17) is 5.11 Å². The minimum absolute atomic E-state index is 0.0853. The Hall–Kier alpha value is -1.36. The van der Waals surface area contributed by atoms with Gasteiger partial charge in [0, 0.05) is 25.9 Å². The van der Waals surface area contributed by atoms with Crippen molar-refractivity contribution in [3.63, 3.8) is 0 Å². The van der Waals surface area contributed by atoms with Crippen molar-refractivity contribution in [2.45, 2.75) is 27.2 Å². The molecule has 0 spiro atoms. The molecule has 0 fully saturated rings. The van der Waals surface area contributed by atoms with Gasteiger partial charge in [-0.3, -0.25) is 9.48 Å². The van der Waals surface area contributed by atoms with Crippen molar-refractivity contribution in [2.75, 3.05) is 13.2 Å². The fraction of sp³-hybridized carbons (Fsp3) is 0.667. The van der Waals surface area contributed by atoms with Gasteiger partial charge in [0.2, 0.25) is 0 Å². The number of hydrogen-bond donors (Lipinski definition) is 2. The van der Waals surface area contributed by atoms with E-state index in [1.54, 1.807) is 4.68 Å². The second-order valence-electron chi connectivity index (χ2n) is 4.50. The molecule has 5 nitrogen and oxygen atoms in total. The van der Waals surface area contributed by atoms with Crippen LogP contribution < -0.4 is 5.32 Å². The molecule has 1 amide bonds. The van der Waals surface area contributed by atoms with E-state index in [2.05, 4.69) is 10.4 Å². The van der Waals surface area contributed by atoms with Crippen LogP contribution in [0.5, 0.6) is 0 Å². The Morgan fingerprint density at radius 2 is 2.18 bits per heavy atom. The van der Waals surface area contributed by atoms with E-state index in [1.165, 1.54) is 0 Å². The highest BCUT2D eigenvalue weighted by molar-refractivity contribution is 5.96. The smallest absolute Gasteiger partial charge is 0.255 e. The molecule has 0 aliphatic heterocycles. The molecule has 0 aliphatic rings. The van der Waals surface area contributed by atoms with Gasteiger partial charge in [-0.05, 0) is 26.2 Å². The monoisotopic (exact) mass is 239 g/mol. The van der Waals surface area contributed by atoms with Crippen LogP contribution in [0.4, 0.5) is 0 Å². The number of aromatic nitrogens is 2. The third-order valence-electron chi connectivity index (χ3n) is 2.97. The molecule has 1 rings (SSSR count). The molecule has 17 heavy (non-hydrogen) atoms. The minimum Gasteiger partial charge on any atom is -0.396 e. The van der Waals surface area contributed by atoms with Gasteiger partial charge < -0.3 is 10.4 Å². The van der Waals surface area contributed by atoms with Crippen LogP contribution in [-0.2, 0) is 7.05 Å². The molecule has 1 aromatic rings. The Kier molecular flexibility index (Phi) is 4.69. The summed E-state index contributed by atoms with van der Waals surface area (Å²) < 4.78 is 1.71. The largest absolute Gasteiger partial charge is 0.396 e. The highest BCUT2D eigenvalue weighted by Gasteiger charge is 2.17. The van der Waals surface area contributed by atoms with Crippen LogP contribution in [0.1, 0.15) is 35.1 Å². The van der Waals surface area contributed by atoms with Gasteiger partial charge in [0.25, 0.3) is 5.91 Å². The van der Waals surface area contributed by atoms with E-state index in [9.17, 15) is 4.79 Å². The van der Waals surface area contributed by atoms with Gasteiger partial charge in [0.05, 0.1) is 11.3 Å². The van der Waals surface area contributed by atoms with Gasteiger partial charge in [-0.15, -0.1) is 0 Å². The molecule has 0 aromatic carbocycles. The third kappa shape index (κ3) is 3.30. The molecule has 96 valence electrons. The summed E-state index contributed by atoms with van der Waals surface area (Å²) in [4.78, 5) is 12.0. The van der Waals surface area contributed by atoms with Crippen LogP contribution in [0.2, 0.25) is 0 Å². The molecule has 1 unspecified atom stereocenters. The lowest BCUT2D eigenvalue weighted by Crippen LogP contribution is -2.29. The number of amides is 1. The Morgan fingerprint density at radius 1 is 1.53 bits per heavy atom. The maximum Gasteiger partial charge on any atom is 0.255 e. The lowest BCUT2D eigenvalue weighted by molar-refractivity contribution is 0.0944. The normalized spacial score (nSPS) is 12.5. The summed E-state index contributed by atoms with van der Waals surface area (Å²) in [5.41, 5.74) is 2.27. The molecular weight excluding hydrogens is 218 g/mol.